The monoisotopic (exact) mass is 401 g/mol. The molecular formula is C21H21F2N3O3. The highest BCUT2D eigenvalue weighted by Crippen LogP contribution is 2.22. The zero-order valence-electron chi connectivity index (χ0n) is 16.5. The molecule has 1 heterocycles. The average Bonchev–Trinajstić information content (AvgIpc) is 2.61. The molecule has 8 heteroatoms. The van der Waals surface area contributed by atoms with Crippen LogP contribution in [0.15, 0.2) is 47.3 Å². The van der Waals surface area contributed by atoms with Crippen molar-refractivity contribution in [2.45, 2.75) is 39.3 Å². The van der Waals surface area contributed by atoms with Crippen molar-refractivity contribution in [3.05, 3.63) is 70.3 Å². The van der Waals surface area contributed by atoms with Crippen molar-refractivity contribution in [1.82, 2.24) is 14.9 Å². The topological polar surface area (TPSA) is 73.2 Å². The van der Waals surface area contributed by atoms with Crippen LogP contribution in [0, 0.1) is 11.6 Å². The molecule has 0 radical (unpaired) electrons. The highest BCUT2D eigenvalue weighted by Gasteiger charge is 2.25. The first-order chi connectivity index (χ1) is 13.6. The Bertz CT molecular complexity index is 1120. The second-order valence-electron chi connectivity index (χ2n) is 7.57. The largest absolute Gasteiger partial charge is 0.444 e. The third-order valence-electron chi connectivity index (χ3n) is 4.08. The van der Waals surface area contributed by atoms with Crippen molar-refractivity contribution < 1.29 is 18.3 Å². The van der Waals surface area contributed by atoms with Crippen LogP contribution in [0.25, 0.3) is 16.6 Å². The molecule has 0 unspecified atom stereocenters. The smallest absolute Gasteiger partial charge is 0.408 e. The predicted molar refractivity (Wildman–Crippen MR) is 105 cm³/mol. The van der Waals surface area contributed by atoms with Crippen LogP contribution >= 0.6 is 0 Å². The maximum Gasteiger partial charge on any atom is 0.408 e. The molecule has 3 aromatic rings. The predicted octanol–water partition coefficient (Wildman–Crippen LogP) is 4.25. The number of fused-ring (bicyclic) bond motifs is 1. The summed E-state index contributed by atoms with van der Waals surface area (Å²) in [5.41, 5.74) is -1.59. The van der Waals surface area contributed by atoms with Crippen molar-refractivity contribution >= 4 is 17.0 Å². The molecule has 1 amide bonds. The van der Waals surface area contributed by atoms with E-state index in [0.717, 1.165) is 16.7 Å². The second kappa shape index (κ2) is 7.62. The van der Waals surface area contributed by atoms with Gasteiger partial charge in [-0.2, -0.15) is 0 Å². The lowest BCUT2D eigenvalue weighted by molar-refractivity contribution is 0.0505. The van der Waals surface area contributed by atoms with E-state index in [4.69, 9.17) is 4.74 Å². The molecule has 3 rings (SSSR count). The van der Waals surface area contributed by atoms with Gasteiger partial charge in [0.25, 0.3) is 5.56 Å². The normalized spacial score (nSPS) is 12.6. The number of carbonyl (C=O) groups is 1. The van der Waals surface area contributed by atoms with Gasteiger partial charge in [0.05, 0.1) is 16.9 Å². The maximum atomic E-state index is 14.5. The van der Waals surface area contributed by atoms with Gasteiger partial charge in [-0.1, -0.05) is 18.2 Å². The molecule has 152 valence electrons. The van der Waals surface area contributed by atoms with Crippen molar-refractivity contribution in [3.8, 4) is 5.69 Å². The van der Waals surface area contributed by atoms with E-state index in [2.05, 4.69) is 10.3 Å². The fourth-order valence-electron chi connectivity index (χ4n) is 2.91. The molecule has 0 aliphatic rings. The van der Waals surface area contributed by atoms with Crippen LogP contribution in [-0.4, -0.2) is 21.2 Å². The first-order valence-corrected chi connectivity index (χ1v) is 9.04. The van der Waals surface area contributed by atoms with Gasteiger partial charge in [-0.15, -0.1) is 0 Å². The minimum atomic E-state index is -0.921. The summed E-state index contributed by atoms with van der Waals surface area (Å²) in [5, 5.41) is 2.76. The lowest BCUT2D eigenvalue weighted by Crippen LogP contribution is -2.37. The number of halogens is 2. The molecule has 0 fully saturated rings. The number of alkyl carbamates (subject to hydrolysis) is 1. The van der Waals surface area contributed by atoms with Gasteiger partial charge in [0.15, 0.2) is 0 Å². The van der Waals surface area contributed by atoms with E-state index in [-0.39, 0.29) is 11.2 Å². The minimum absolute atomic E-state index is 0.0245. The van der Waals surface area contributed by atoms with E-state index >= 15 is 0 Å². The summed E-state index contributed by atoms with van der Waals surface area (Å²) >= 11 is 0. The quantitative estimate of drug-likeness (QED) is 0.712. The molecule has 2 aromatic carbocycles. The lowest BCUT2D eigenvalue weighted by atomic mass is 10.2. The van der Waals surface area contributed by atoms with Crippen LogP contribution in [0.3, 0.4) is 0 Å². The summed E-state index contributed by atoms with van der Waals surface area (Å²) in [6, 6.07) is 8.90. The number of nitrogens with one attached hydrogen (secondary N) is 1. The van der Waals surface area contributed by atoms with Crippen LogP contribution < -0.4 is 10.9 Å². The van der Waals surface area contributed by atoms with Gasteiger partial charge in [-0.25, -0.2) is 18.6 Å². The van der Waals surface area contributed by atoms with Gasteiger partial charge >= 0.3 is 6.09 Å². The van der Waals surface area contributed by atoms with E-state index in [1.54, 1.807) is 45.9 Å². The Hall–Kier alpha value is -3.29. The molecule has 0 bridgehead atoms. The molecule has 0 saturated heterocycles. The van der Waals surface area contributed by atoms with Gasteiger partial charge in [0.2, 0.25) is 0 Å². The second-order valence-corrected chi connectivity index (χ2v) is 7.57. The van der Waals surface area contributed by atoms with E-state index in [1.807, 2.05) is 0 Å². The van der Waals surface area contributed by atoms with Gasteiger partial charge in [0, 0.05) is 0 Å². The Morgan fingerprint density at radius 1 is 1.10 bits per heavy atom. The SMILES string of the molecule is C[C@H](NC(=O)OC(C)(C)C)c1nc2ccccc2c(=O)n1-c1c(F)cccc1F. The summed E-state index contributed by atoms with van der Waals surface area (Å²) in [4.78, 5) is 29.7. The van der Waals surface area contributed by atoms with E-state index in [1.165, 1.54) is 12.1 Å². The van der Waals surface area contributed by atoms with Crippen molar-refractivity contribution in [2.75, 3.05) is 0 Å². The van der Waals surface area contributed by atoms with Crippen LogP contribution in [0.1, 0.15) is 39.6 Å². The molecule has 0 saturated carbocycles. The number of amides is 1. The summed E-state index contributed by atoms with van der Waals surface area (Å²) in [5.74, 6) is -1.87. The molecular weight excluding hydrogens is 380 g/mol. The van der Waals surface area contributed by atoms with Crippen molar-refractivity contribution in [2.24, 2.45) is 0 Å². The van der Waals surface area contributed by atoms with Crippen LogP contribution in [0.2, 0.25) is 0 Å². The molecule has 29 heavy (non-hydrogen) atoms. The number of rotatable bonds is 3. The van der Waals surface area contributed by atoms with Crippen LogP contribution in [-0.2, 0) is 4.74 Å². The first kappa shape index (κ1) is 20.4. The Morgan fingerprint density at radius 3 is 2.34 bits per heavy atom. The summed E-state index contributed by atoms with van der Waals surface area (Å²) in [7, 11) is 0. The number of ether oxygens (including phenoxy) is 1. The standard InChI is InChI=1S/C21H21F2N3O3/c1-12(24-20(28)29-21(2,3)4)18-25-16-11-6-5-8-13(16)19(27)26(18)17-14(22)9-7-10-15(17)23/h5-12H,1-4H3,(H,24,28)/t12-/m0/s1. The maximum absolute atomic E-state index is 14.5. The first-order valence-electron chi connectivity index (χ1n) is 9.04. The summed E-state index contributed by atoms with van der Waals surface area (Å²) in [6.45, 7) is 6.66. The Balaban J connectivity index is 2.20. The van der Waals surface area contributed by atoms with Gasteiger partial charge < -0.3 is 10.1 Å². The molecule has 0 aliphatic carbocycles. The van der Waals surface area contributed by atoms with Gasteiger partial charge in [-0.05, 0) is 52.0 Å². The third kappa shape index (κ3) is 4.26. The van der Waals surface area contributed by atoms with Crippen LogP contribution in [0.5, 0.6) is 0 Å². The zero-order chi connectivity index (χ0) is 21.3. The fourth-order valence-corrected chi connectivity index (χ4v) is 2.91. The molecule has 1 N–H and O–H groups in total. The summed E-state index contributed by atoms with van der Waals surface area (Å²) < 4.78 is 35.1. The number of carbonyl (C=O) groups excluding carboxylic acids is 1. The third-order valence-corrected chi connectivity index (χ3v) is 4.08. The molecule has 1 atom stereocenters. The summed E-state index contributed by atoms with van der Waals surface area (Å²) in [6.07, 6.45) is -0.743. The number of benzene rings is 2. The molecule has 6 nitrogen and oxygen atoms in total. The molecule has 0 aliphatic heterocycles. The van der Waals surface area contributed by atoms with E-state index in [9.17, 15) is 18.4 Å². The molecule has 0 spiro atoms. The fraction of sp³-hybridized carbons (Fsp3) is 0.286. The van der Waals surface area contributed by atoms with Crippen molar-refractivity contribution in [3.63, 3.8) is 0 Å². The van der Waals surface area contributed by atoms with Gasteiger partial charge in [0.1, 0.15) is 28.7 Å². The van der Waals surface area contributed by atoms with E-state index < -0.39 is 40.6 Å². The number of hydrogen-bond acceptors (Lipinski definition) is 4. The number of aromatic nitrogens is 2. The minimum Gasteiger partial charge on any atom is -0.444 e. The number of nitrogens with zero attached hydrogens (tertiary/aromatic N) is 2. The Labute approximate surface area is 166 Å². The lowest BCUT2D eigenvalue weighted by Gasteiger charge is -2.23. The highest BCUT2D eigenvalue weighted by atomic mass is 19.1. The highest BCUT2D eigenvalue weighted by molar-refractivity contribution is 5.78. The Morgan fingerprint density at radius 2 is 1.72 bits per heavy atom. The average molecular weight is 401 g/mol. The van der Waals surface area contributed by atoms with Crippen molar-refractivity contribution in [1.29, 1.82) is 0 Å². The number of para-hydroxylation sites is 2. The molecule has 1 aromatic heterocycles. The van der Waals surface area contributed by atoms with E-state index in [0.29, 0.717) is 5.52 Å². The number of hydrogen-bond donors (Lipinski definition) is 1. The van der Waals surface area contributed by atoms with Gasteiger partial charge in [-0.3, -0.25) is 9.36 Å². The van der Waals surface area contributed by atoms with Crippen LogP contribution in [0.4, 0.5) is 13.6 Å². The Kier molecular flexibility index (Phi) is 5.37. The zero-order valence-corrected chi connectivity index (χ0v) is 16.5.